The smallest absolute Gasteiger partial charge is 0.211 e. The Morgan fingerprint density at radius 2 is 1.14 bits per heavy atom. The first-order chi connectivity index (χ1) is 6.37. The minimum Gasteiger partial charge on any atom is -0.211 e. The lowest BCUT2D eigenvalue weighted by Crippen LogP contribution is -2.45. The second-order valence-corrected chi connectivity index (χ2v) is 2.22. The number of hydrogen-bond acceptors (Lipinski definition) is 4. The van der Waals surface area contributed by atoms with Crippen molar-refractivity contribution >= 4 is 12.2 Å². The molecule has 4 nitrogen and oxygen atoms in total. The third-order valence-corrected chi connectivity index (χ3v) is 1.22. The summed E-state index contributed by atoms with van der Waals surface area (Å²) in [6.07, 6.45) is 1.41. The fourth-order valence-electron chi connectivity index (χ4n) is 0.494. The van der Waals surface area contributed by atoms with Gasteiger partial charge in [-0.1, -0.05) is 0 Å². The molecule has 0 saturated heterocycles. The van der Waals surface area contributed by atoms with Gasteiger partial charge in [0.2, 0.25) is 12.2 Å². The van der Waals surface area contributed by atoms with Crippen molar-refractivity contribution in [3.05, 3.63) is 0 Å². The van der Waals surface area contributed by atoms with Crippen molar-refractivity contribution in [2.24, 2.45) is 9.98 Å². The van der Waals surface area contributed by atoms with E-state index in [1.54, 1.807) is 0 Å². The molecule has 0 saturated carbocycles. The van der Waals surface area contributed by atoms with Gasteiger partial charge in [-0.15, -0.1) is 0 Å². The topological polar surface area (TPSA) is 58.9 Å². The number of halogens is 4. The van der Waals surface area contributed by atoms with Gasteiger partial charge in [0.05, 0.1) is 0 Å². The molecular formula is C6H4F4N2O2. The predicted octanol–water partition coefficient (Wildman–Crippen LogP) is 0.929. The predicted molar refractivity (Wildman–Crippen MR) is 35.9 cm³/mol. The summed E-state index contributed by atoms with van der Waals surface area (Å²) in [7, 11) is 0. The molecule has 0 fully saturated rings. The van der Waals surface area contributed by atoms with Gasteiger partial charge >= 0.3 is 11.8 Å². The molecule has 0 N–H and O–H groups in total. The van der Waals surface area contributed by atoms with Crippen LogP contribution < -0.4 is 0 Å². The highest BCUT2D eigenvalue weighted by molar-refractivity contribution is 5.34. The van der Waals surface area contributed by atoms with Gasteiger partial charge in [0.25, 0.3) is 0 Å². The average molecular weight is 212 g/mol. The Morgan fingerprint density at radius 1 is 0.857 bits per heavy atom. The van der Waals surface area contributed by atoms with E-state index in [2.05, 4.69) is 9.98 Å². The Morgan fingerprint density at radius 3 is 1.36 bits per heavy atom. The molecule has 0 aromatic carbocycles. The van der Waals surface area contributed by atoms with Crippen LogP contribution in [0.1, 0.15) is 0 Å². The number of carbonyl (C=O) groups excluding carboxylic acids is 2. The van der Waals surface area contributed by atoms with Crippen LogP contribution in [0.3, 0.4) is 0 Å². The zero-order chi connectivity index (χ0) is 11.2. The monoisotopic (exact) mass is 212 g/mol. The van der Waals surface area contributed by atoms with Crippen LogP contribution in [0, 0.1) is 0 Å². The summed E-state index contributed by atoms with van der Waals surface area (Å²) in [4.78, 5) is 23.6. The fraction of sp³-hybridized carbons (Fsp3) is 0.667. The minimum atomic E-state index is -4.54. The van der Waals surface area contributed by atoms with E-state index in [0.29, 0.717) is 12.2 Å². The molecule has 0 bridgehead atoms. The number of rotatable bonds is 5. The lowest BCUT2D eigenvalue weighted by atomic mass is 10.2. The molecule has 0 unspecified atom stereocenters. The first-order valence-corrected chi connectivity index (χ1v) is 3.20. The van der Waals surface area contributed by atoms with Gasteiger partial charge in [0, 0.05) is 0 Å². The van der Waals surface area contributed by atoms with Crippen LogP contribution in [0.2, 0.25) is 0 Å². The first kappa shape index (κ1) is 12.5. The summed E-state index contributed by atoms with van der Waals surface area (Å²) in [5, 5.41) is 0. The molecule has 0 radical (unpaired) electrons. The zero-order valence-electron chi connectivity index (χ0n) is 6.64. The van der Waals surface area contributed by atoms with E-state index >= 15 is 0 Å². The number of aliphatic imine (C=N–C) groups is 2. The molecule has 0 amide bonds. The highest BCUT2D eigenvalue weighted by Gasteiger charge is 2.56. The molecule has 8 heteroatoms. The normalized spacial score (nSPS) is 11.4. The maximum Gasteiger partial charge on any atom is 0.332 e. The number of hydrogen-bond donors (Lipinski definition) is 0. The van der Waals surface area contributed by atoms with Crippen molar-refractivity contribution in [2.75, 3.05) is 13.1 Å². The van der Waals surface area contributed by atoms with Gasteiger partial charge in [-0.25, -0.2) is 9.59 Å². The van der Waals surface area contributed by atoms with Gasteiger partial charge in [-0.2, -0.15) is 27.5 Å². The summed E-state index contributed by atoms with van der Waals surface area (Å²) >= 11 is 0. The van der Waals surface area contributed by atoms with Crippen LogP contribution in [-0.4, -0.2) is 37.1 Å². The molecule has 78 valence electrons. The fourth-order valence-corrected chi connectivity index (χ4v) is 0.494. The summed E-state index contributed by atoms with van der Waals surface area (Å²) in [5.41, 5.74) is 0. The van der Waals surface area contributed by atoms with E-state index in [9.17, 15) is 27.2 Å². The first-order valence-electron chi connectivity index (χ1n) is 3.20. The van der Waals surface area contributed by atoms with E-state index in [1.807, 2.05) is 0 Å². The van der Waals surface area contributed by atoms with E-state index < -0.39 is 24.9 Å². The molecule has 0 aromatic heterocycles. The average Bonchev–Trinajstić information content (AvgIpc) is 2.11. The van der Waals surface area contributed by atoms with Crippen LogP contribution in [0.25, 0.3) is 0 Å². The molecular weight excluding hydrogens is 208 g/mol. The summed E-state index contributed by atoms with van der Waals surface area (Å²) in [5.74, 6) is -9.07. The largest absolute Gasteiger partial charge is 0.332 e. The van der Waals surface area contributed by atoms with Crippen LogP contribution in [-0.2, 0) is 9.59 Å². The lowest BCUT2D eigenvalue weighted by Gasteiger charge is -2.22. The summed E-state index contributed by atoms with van der Waals surface area (Å²) in [6.45, 7) is -3.39. The van der Waals surface area contributed by atoms with Crippen LogP contribution >= 0.6 is 0 Å². The van der Waals surface area contributed by atoms with Gasteiger partial charge in [0.15, 0.2) is 0 Å². The van der Waals surface area contributed by atoms with Gasteiger partial charge in [-0.05, 0) is 0 Å². The maximum atomic E-state index is 12.5. The maximum absolute atomic E-state index is 12.5. The standard InChI is InChI=1S/C6H4F4N2O2/c7-5(8,1-11-3-13)6(9,10)2-12-4-14/h1-2H2. The Labute approximate surface area is 75.3 Å². The Bertz CT molecular complexity index is 262. The van der Waals surface area contributed by atoms with Gasteiger partial charge < -0.3 is 0 Å². The Balaban J connectivity index is 4.65. The van der Waals surface area contributed by atoms with E-state index in [1.165, 1.54) is 0 Å². The molecule has 0 aliphatic rings. The van der Waals surface area contributed by atoms with Crippen molar-refractivity contribution in [3.8, 4) is 0 Å². The molecule has 0 aromatic rings. The SMILES string of the molecule is O=C=NCC(F)(F)C(F)(F)CN=C=O. The molecule has 0 heterocycles. The minimum absolute atomic E-state index is 0.706. The van der Waals surface area contributed by atoms with E-state index in [0.717, 1.165) is 0 Å². The highest BCUT2D eigenvalue weighted by atomic mass is 19.3. The van der Waals surface area contributed by atoms with E-state index in [4.69, 9.17) is 0 Å². The lowest BCUT2D eigenvalue weighted by molar-refractivity contribution is -0.194. The Hall–Kier alpha value is -1.52. The highest BCUT2D eigenvalue weighted by Crippen LogP contribution is 2.34. The van der Waals surface area contributed by atoms with Crippen LogP contribution in [0.4, 0.5) is 17.6 Å². The molecule has 0 aliphatic carbocycles. The zero-order valence-corrected chi connectivity index (χ0v) is 6.64. The number of isocyanates is 2. The second kappa shape index (κ2) is 4.64. The molecule has 0 spiro atoms. The second-order valence-electron chi connectivity index (χ2n) is 2.22. The quantitative estimate of drug-likeness (QED) is 0.386. The number of alkyl halides is 4. The van der Waals surface area contributed by atoms with Gasteiger partial charge in [0.1, 0.15) is 13.1 Å². The van der Waals surface area contributed by atoms with Crippen LogP contribution in [0.15, 0.2) is 9.98 Å². The third kappa shape index (κ3) is 3.08. The van der Waals surface area contributed by atoms with Crippen LogP contribution in [0.5, 0.6) is 0 Å². The molecule has 0 rings (SSSR count). The molecule has 0 atom stereocenters. The third-order valence-electron chi connectivity index (χ3n) is 1.22. The molecule has 14 heavy (non-hydrogen) atoms. The van der Waals surface area contributed by atoms with Crippen molar-refractivity contribution in [1.82, 2.24) is 0 Å². The van der Waals surface area contributed by atoms with Crippen molar-refractivity contribution in [2.45, 2.75) is 11.8 Å². The summed E-state index contributed by atoms with van der Waals surface area (Å²) < 4.78 is 50.0. The van der Waals surface area contributed by atoms with Crippen molar-refractivity contribution in [1.29, 1.82) is 0 Å². The van der Waals surface area contributed by atoms with Crippen molar-refractivity contribution in [3.63, 3.8) is 0 Å². The summed E-state index contributed by atoms with van der Waals surface area (Å²) in [6, 6.07) is 0. The molecule has 0 aliphatic heterocycles. The van der Waals surface area contributed by atoms with Gasteiger partial charge in [-0.3, -0.25) is 0 Å². The number of nitrogens with zero attached hydrogens (tertiary/aromatic N) is 2. The van der Waals surface area contributed by atoms with Crippen molar-refractivity contribution < 1.29 is 27.2 Å². The Kier molecular flexibility index (Phi) is 4.14. The van der Waals surface area contributed by atoms with E-state index in [-0.39, 0.29) is 0 Å².